The summed E-state index contributed by atoms with van der Waals surface area (Å²) < 4.78 is 4.87. The number of rotatable bonds is 8. The number of hydrogen-bond acceptors (Lipinski definition) is 4. The Morgan fingerprint density at radius 3 is 2.88 bits per heavy atom. The number of ether oxygens (including phenoxy) is 1. The normalized spacial score (nSPS) is 19.8. The van der Waals surface area contributed by atoms with Crippen molar-refractivity contribution in [3.63, 3.8) is 0 Å². The average molecular weight is 333 g/mol. The molecule has 1 unspecified atom stereocenters. The van der Waals surface area contributed by atoms with Crippen LogP contribution in [0.5, 0.6) is 0 Å². The Balaban J connectivity index is 2.08. The van der Waals surface area contributed by atoms with Gasteiger partial charge in [-0.3, -0.25) is 14.5 Å². The summed E-state index contributed by atoms with van der Waals surface area (Å²) in [6.45, 7) is 3.25. The molecular formula is C17H23N3O4. The van der Waals surface area contributed by atoms with E-state index in [4.69, 9.17) is 4.74 Å². The van der Waals surface area contributed by atoms with Crippen molar-refractivity contribution in [2.24, 2.45) is 10.9 Å². The maximum absolute atomic E-state index is 12.5. The summed E-state index contributed by atoms with van der Waals surface area (Å²) in [6, 6.07) is -0.548. The first-order valence-electron chi connectivity index (χ1n) is 8.19. The SMILES string of the molecule is CCCCCN1C(=O)N=C2C=C(C(=O)NCCOC)C=CC2C1=O. The van der Waals surface area contributed by atoms with Crippen molar-refractivity contribution >= 4 is 23.6 Å². The molecule has 4 amide bonds. The fourth-order valence-corrected chi connectivity index (χ4v) is 2.57. The third-order valence-corrected chi connectivity index (χ3v) is 3.92. The predicted octanol–water partition coefficient (Wildman–Crippen LogP) is 1.45. The number of carbonyl (C=O) groups excluding carboxylic acids is 3. The van der Waals surface area contributed by atoms with E-state index in [-0.39, 0.29) is 11.8 Å². The lowest BCUT2D eigenvalue weighted by Crippen LogP contribution is -2.46. The van der Waals surface area contributed by atoms with Gasteiger partial charge in [-0.25, -0.2) is 4.79 Å². The smallest absolute Gasteiger partial charge is 0.350 e. The van der Waals surface area contributed by atoms with Crippen LogP contribution in [0.15, 0.2) is 28.8 Å². The number of imide groups is 1. The van der Waals surface area contributed by atoms with Crippen LogP contribution >= 0.6 is 0 Å². The minimum atomic E-state index is -0.583. The first-order chi connectivity index (χ1) is 11.6. The Hall–Kier alpha value is -2.28. The van der Waals surface area contributed by atoms with E-state index in [0.717, 1.165) is 19.3 Å². The molecule has 1 atom stereocenters. The molecule has 0 saturated carbocycles. The third kappa shape index (κ3) is 4.17. The molecule has 0 radical (unpaired) electrons. The van der Waals surface area contributed by atoms with E-state index >= 15 is 0 Å². The van der Waals surface area contributed by atoms with Gasteiger partial charge in [0.2, 0.25) is 5.91 Å². The zero-order valence-electron chi connectivity index (χ0n) is 14.1. The van der Waals surface area contributed by atoms with Crippen LogP contribution in [0.2, 0.25) is 0 Å². The lowest BCUT2D eigenvalue weighted by molar-refractivity contribution is -0.129. The quantitative estimate of drug-likeness (QED) is 0.681. The number of amides is 4. The van der Waals surface area contributed by atoms with E-state index in [1.807, 2.05) is 0 Å². The molecule has 1 aliphatic heterocycles. The Labute approximate surface area is 141 Å². The molecule has 0 aromatic heterocycles. The number of hydrogen-bond donors (Lipinski definition) is 1. The van der Waals surface area contributed by atoms with Gasteiger partial charge in [0.05, 0.1) is 18.2 Å². The van der Waals surface area contributed by atoms with Crippen LogP contribution in [0.25, 0.3) is 0 Å². The average Bonchev–Trinajstić information content (AvgIpc) is 2.57. The van der Waals surface area contributed by atoms with Gasteiger partial charge in [0.1, 0.15) is 0 Å². The minimum absolute atomic E-state index is 0.271. The van der Waals surface area contributed by atoms with Gasteiger partial charge in [-0.15, -0.1) is 0 Å². The topological polar surface area (TPSA) is 88.1 Å². The largest absolute Gasteiger partial charge is 0.383 e. The van der Waals surface area contributed by atoms with E-state index < -0.39 is 11.9 Å². The molecule has 0 aromatic carbocycles. The summed E-state index contributed by atoms with van der Waals surface area (Å²) in [5.41, 5.74) is 0.706. The number of methoxy groups -OCH3 is 1. The number of allylic oxidation sites excluding steroid dienone is 1. The molecule has 0 aromatic rings. The zero-order chi connectivity index (χ0) is 17.5. The van der Waals surface area contributed by atoms with E-state index in [9.17, 15) is 14.4 Å². The summed E-state index contributed by atoms with van der Waals surface area (Å²) in [7, 11) is 1.55. The van der Waals surface area contributed by atoms with E-state index in [1.54, 1.807) is 19.3 Å². The van der Waals surface area contributed by atoms with Gasteiger partial charge in [0.25, 0.3) is 5.91 Å². The molecule has 7 nitrogen and oxygen atoms in total. The van der Waals surface area contributed by atoms with Crippen molar-refractivity contribution < 1.29 is 19.1 Å². The molecular weight excluding hydrogens is 310 g/mol. The van der Waals surface area contributed by atoms with Gasteiger partial charge in [-0.1, -0.05) is 31.9 Å². The number of carbonyl (C=O) groups is 3. The monoisotopic (exact) mass is 333 g/mol. The first-order valence-corrected chi connectivity index (χ1v) is 8.19. The number of nitrogens with one attached hydrogen (secondary N) is 1. The molecule has 7 heteroatoms. The molecule has 0 saturated heterocycles. The van der Waals surface area contributed by atoms with Gasteiger partial charge in [0, 0.05) is 25.8 Å². The van der Waals surface area contributed by atoms with Crippen molar-refractivity contribution in [1.29, 1.82) is 0 Å². The summed E-state index contributed by atoms with van der Waals surface area (Å²) in [5, 5.41) is 2.70. The highest BCUT2D eigenvalue weighted by atomic mass is 16.5. The van der Waals surface area contributed by atoms with Crippen LogP contribution < -0.4 is 5.32 Å². The summed E-state index contributed by atoms with van der Waals surface area (Å²) in [6.07, 6.45) is 7.48. The van der Waals surface area contributed by atoms with Gasteiger partial charge >= 0.3 is 6.03 Å². The maximum atomic E-state index is 12.5. The van der Waals surface area contributed by atoms with Crippen molar-refractivity contribution in [2.75, 3.05) is 26.8 Å². The fourth-order valence-electron chi connectivity index (χ4n) is 2.57. The molecule has 24 heavy (non-hydrogen) atoms. The van der Waals surface area contributed by atoms with E-state index in [2.05, 4.69) is 17.2 Å². The van der Waals surface area contributed by atoms with Gasteiger partial charge < -0.3 is 10.1 Å². The van der Waals surface area contributed by atoms with Crippen molar-refractivity contribution in [3.05, 3.63) is 23.8 Å². The second-order valence-electron chi connectivity index (χ2n) is 5.70. The minimum Gasteiger partial charge on any atom is -0.383 e. The highest BCUT2D eigenvalue weighted by Crippen LogP contribution is 2.22. The molecule has 0 spiro atoms. The molecule has 1 N–H and O–H groups in total. The number of nitrogens with zero attached hydrogens (tertiary/aromatic N) is 2. The summed E-state index contributed by atoms with van der Waals surface area (Å²) >= 11 is 0. The van der Waals surface area contributed by atoms with Crippen molar-refractivity contribution in [2.45, 2.75) is 26.2 Å². The zero-order valence-corrected chi connectivity index (χ0v) is 14.1. The lowest BCUT2D eigenvalue weighted by Gasteiger charge is -2.29. The van der Waals surface area contributed by atoms with Gasteiger partial charge in [-0.2, -0.15) is 4.99 Å². The van der Waals surface area contributed by atoms with E-state index in [0.29, 0.717) is 31.0 Å². The van der Waals surface area contributed by atoms with Crippen LogP contribution in [-0.4, -0.2) is 55.3 Å². The molecule has 0 fully saturated rings. The molecule has 0 bridgehead atoms. The van der Waals surface area contributed by atoms with Crippen molar-refractivity contribution in [1.82, 2.24) is 10.2 Å². The van der Waals surface area contributed by atoms with Crippen LogP contribution in [0.1, 0.15) is 26.2 Å². The number of aliphatic imine (C=N–C) groups is 1. The third-order valence-electron chi connectivity index (χ3n) is 3.92. The molecule has 2 aliphatic rings. The van der Waals surface area contributed by atoms with Crippen LogP contribution in [0.4, 0.5) is 4.79 Å². The van der Waals surface area contributed by atoms with E-state index in [1.165, 1.54) is 11.0 Å². The van der Waals surface area contributed by atoms with Crippen LogP contribution in [0.3, 0.4) is 0 Å². The van der Waals surface area contributed by atoms with Gasteiger partial charge in [0.15, 0.2) is 0 Å². The summed E-state index contributed by atoms with van der Waals surface area (Å²) in [5.74, 6) is -1.14. The fraction of sp³-hybridized carbons (Fsp3) is 0.529. The van der Waals surface area contributed by atoms with Gasteiger partial charge in [-0.05, 0) is 12.5 Å². The highest BCUT2D eigenvalue weighted by molar-refractivity contribution is 6.23. The predicted molar refractivity (Wildman–Crippen MR) is 89.7 cm³/mol. The van der Waals surface area contributed by atoms with Crippen LogP contribution in [0, 0.1) is 5.92 Å². The Morgan fingerprint density at radius 2 is 2.17 bits per heavy atom. The Bertz CT molecular complexity index is 607. The van der Waals surface area contributed by atoms with Crippen LogP contribution in [-0.2, 0) is 14.3 Å². The first kappa shape index (κ1) is 18.1. The maximum Gasteiger partial charge on any atom is 0.350 e. The standard InChI is InChI=1S/C17H23N3O4/c1-3-4-5-9-20-16(22)13-7-6-12(11-14(13)19-17(20)23)15(21)18-8-10-24-2/h6-7,11,13H,3-5,8-10H2,1-2H3,(H,18,21). The number of fused-ring (bicyclic) bond motifs is 1. The molecule has 2 rings (SSSR count). The second-order valence-corrected chi connectivity index (χ2v) is 5.70. The lowest BCUT2D eigenvalue weighted by atomic mass is 9.91. The Morgan fingerprint density at radius 1 is 1.38 bits per heavy atom. The number of urea groups is 1. The molecule has 1 aliphatic carbocycles. The Kier molecular flexibility index (Phi) is 6.43. The molecule has 1 heterocycles. The highest BCUT2D eigenvalue weighted by Gasteiger charge is 2.36. The molecule has 130 valence electrons. The van der Waals surface area contributed by atoms with Crippen molar-refractivity contribution in [3.8, 4) is 0 Å². The second kappa shape index (κ2) is 8.54. The summed E-state index contributed by atoms with van der Waals surface area (Å²) in [4.78, 5) is 41.8. The number of unbranched alkanes of at least 4 members (excludes halogenated alkanes) is 2.